The van der Waals surface area contributed by atoms with Crippen molar-refractivity contribution in [1.82, 2.24) is 5.32 Å². The maximum Gasteiger partial charge on any atom is 0.0609 e. The maximum atomic E-state index is 4.43. The number of aliphatic imine (C=N–C) groups is 1. The van der Waals surface area contributed by atoms with Crippen LogP contribution in [0.3, 0.4) is 0 Å². The van der Waals surface area contributed by atoms with Gasteiger partial charge in [0.15, 0.2) is 0 Å². The minimum atomic E-state index is 0.896. The Morgan fingerprint density at radius 3 is 3.09 bits per heavy atom. The molecule has 11 heavy (non-hydrogen) atoms. The molecule has 1 saturated carbocycles. The molecule has 0 aromatic rings. The summed E-state index contributed by atoms with van der Waals surface area (Å²) in [4.78, 5) is 4.43. The van der Waals surface area contributed by atoms with Gasteiger partial charge in [0.1, 0.15) is 0 Å². The van der Waals surface area contributed by atoms with E-state index in [1.54, 1.807) is 5.57 Å². The van der Waals surface area contributed by atoms with Crippen molar-refractivity contribution in [2.75, 3.05) is 20.1 Å². The molecule has 1 N–H and O–H groups in total. The molecule has 0 amide bonds. The number of nitrogens with zero attached hydrogens (tertiary/aromatic N) is 1. The molecule has 1 fully saturated rings. The molecule has 0 aromatic carbocycles. The topological polar surface area (TPSA) is 24.4 Å². The molecule has 0 aromatic heterocycles. The molecule has 2 heteroatoms. The monoisotopic (exact) mass is 150 g/mol. The van der Waals surface area contributed by atoms with Gasteiger partial charge in [-0.2, -0.15) is 0 Å². The van der Waals surface area contributed by atoms with E-state index >= 15 is 0 Å². The molecule has 0 bridgehead atoms. The Balaban J connectivity index is 1.93. The molecule has 0 saturated heterocycles. The second-order valence-corrected chi connectivity index (χ2v) is 3.33. The van der Waals surface area contributed by atoms with Crippen molar-refractivity contribution in [3.05, 3.63) is 11.6 Å². The fraction of sp³-hybridized carbons (Fsp3) is 0.667. The minimum absolute atomic E-state index is 0.896. The molecule has 0 spiro atoms. The highest BCUT2D eigenvalue weighted by molar-refractivity contribution is 5.99. The van der Waals surface area contributed by atoms with E-state index in [4.69, 9.17) is 0 Å². The van der Waals surface area contributed by atoms with Crippen LogP contribution in [0, 0.1) is 5.92 Å². The summed E-state index contributed by atoms with van der Waals surface area (Å²) in [6.07, 6.45) is 5.07. The van der Waals surface area contributed by atoms with Crippen molar-refractivity contribution < 1.29 is 0 Å². The molecule has 0 unspecified atom stereocenters. The second kappa shape index (κ2) is 2.78. The number of hydrogen-bond acceptors (Lipinski definition) is 2. The van der Waals surface area contributed by atoms with Crippen LogP contribution in [0.1, 0.15) is 12.8 Å². The average Bonchev–Trinajstić information content (AvgIpc) is 2.75. The molecule has 1 aliphatic carbocycles. The normalized spacial score (nSPS) is 23.4. The number of nitrogens with one attached hydrogen (secondary N) is 1. The molecule has 0 atom stereocenters. The zero-order valence-electron chi connectivity index (χ0n) is 6.93. The first-order valence-corrected chi connectivity index (χ1v) is 4.28. The first-order valence-electron chi connectivity index (χ1n) is 4.28. The van der Waals surface area contributed by atoms with Crippen molar-refractivity contribution in [3.63, 3.8) is 0 Å². The van der Waals surface area contributed by atoms with Crippen molar-refractivity contribution in [1.29, 1.82) is 0 Å². The van der Waals surface area contributed by atoms with Crippen LogP contribution < -0.4 is 5.32 Å². The lowest BCUT2D eigenvalue weighted by molar-refractivity contribution is 0.942. The highest BCUT2D eigenvalue weighted by Gasteiger charge is 2.27. The van der Waals surface area contributed by atoms with Crippen molar-refractivity contribution in [2.24, 2.45) is 10.9 Å². The smallest absolute Gasteiger partial charge is 0.0609 e. The fourth-order valence-corrected chi connectivity index (χ4v) is 1.49. The third kappa shape index (κ3) is 1.51. The summed E-state index contributed by atoms with van der Waals surface area (Å²) >= 11 is 0. The van der Waals surface area contributed by atoms with E-state index in [0.29, 0.717) is 0 Å². The minimum Gasteiger partial charge on any atom is -0.314 e. The second-order valence-electron chi connectivity index (χ2n) is 3.33. The van der Waals surface area contributed by atoms with E-state index < -0.39 is 0 Å². The maximum absolute atomic E-state index is 4.43. The number of hydrogen-bond donors (Lipinski definition) is 1. The standard InChI is InChI=1S/C9H14N2/c1-10-6-9-4-8(5-11-9)7-2-3-7/h4,7,10H,2-3,5-6H2,1H3. The zero-order chi connectivity index (χ0) is 7.68. The number of rotatable bonds is 3. The van der Waals surface area contributed by atoms with Crippen LogP contribution in [0.25, 0.3) is 0 Å². The Morgan fingerprint density at radius 2 is 2.45 bits per heavy atom. The third-order valence-electron chi connectivity index (χ3n) is 2.28. The summed E-state index contributed by atoms with van der Waals surface area (Å²) < 4.78 is 0. The predicted molar refractivity (Wildman–Crippen MR) is 47.0 cm³/mol. The Labute approximate surface area is 67.4 Å². The Kier molecular flexibility index (Phi) is 1.78. The van der Waals surface area contributed by atoms with Crippen LogP contribution in [0.15, 0.2) is 16.6 Å². The molecule has 2 aliphatic rings. The van der Waals surface area contributed by atoms with Gasteiger partial charge in [0, 0.05) is 12.3 Å². The summed E-state index contributed by atoms with van der Waals surface area (Å²) in [6.45, 7) is 1.90. The lowest BCUT2D eigenvalue weighted by Gasteiger charge is -1.93. The molecule has 2 nitrogen and oxygen atoms in total. The summed E-state index contributed by atoms with van der Waals surface area (Å²) in [5, 5.41) is 3.11. The third-order valence-corrected chi connectivity index (χ3v) is 2.28. The van der Waals surface area contributed by atoms with Crippen LogP contribution in [-0.2, 0) is 0 Å². The van der Waals surface area contributed by atoms with Gasteiger partial charge in [-0.1, -0.05) is 0 Å². The van der Waals surface area contributed by atoms with Gasteiger partial charge >= 0.3 is 0 Å². The fourth-order valence-electron chi connectivity index (χ4n) is 1.49. The Morgan fingerprint density at radius 1 is 1.64 bits per heavy atom. The van der Waals surface area contributed by atoms with Crippen LogP contribution >= 0.6 is 0 Å². The molecular formula is C9H14N2. The first kappa shape index (κ1) is 7.04. The van der Waals surface area contributed by atoms with Crippen molar-refractivity contribution >= 4 is 5.71 Å². The van der Waals surface area contributed by atoms with Gasteiger partial charge in [-0.15, -0.1) is 0 Å². The zero-order valence-corrected chi connectivity index (χ0v) is 6.93. The van der Waals surface area contributed by atoms with Gasteiger partial charge in [-0.3, -0.25) is 4.99 Å². The van der Waals surface area contributed by atoms with E-state index in [9.17, 15) is 0 Å². The molecule has 2 rings (SSSR count). The first-order chi connectivity index (χ1) is 5.40. The summed E-state index contributed by atoms with van der Waals surface area (Å²) in [5.41, 5.74) is 2.80. The van der Waals surface area contributed by atoms with Gasteiger partial charge in [-0.05, 0) is 37.5 Å². The average molecular weight is 150 g/mol. The lowest BCUT2D eigenvalue weighted by Crippen LogP contribution is -2.15. The van der Waals surface area contributed by atoms with E-state index in [-0.39, 0.29) is 0 Å². The van der Waals surface area contributed by atoms with Gasteiger partial charge in [-0.25, -0.2) is 0 Å². The summed E-state index contributed by atoms with van der Waals surface area (Å²) in [6, 6.07) is 0. The molecule has 1 heterocycles. The van der Waals surface area contributed by atoms with Crippen molar-refractivity contribution in [2.45, 2.75) is 12.8 Å². The van der Waals surface area contributed by atoms with Crippen LogP contribution in [0.5, 0.6) is 0 Å². The van der Waals surface area contributed by atoms with E-state index in [0.717, 1.165) is 19.0 Å². The predicted octanol–water partition coefficient (Wildman–Crippen LogP) is 0.997. The van der Waals surface area contributed by atoms with E-state index in [1.807, 2.05) is 7.05 Å². The Hall–Kier alpha value is -0.630. The Bertz CT molecular complexity index is 212. The highest BCUT2D eigenvalue weighted by Crippen LogP contribution is 2.37. The lowest BCUT2D eigenvalue weighted by atomic mass is 10.1. The molecule has 60 valence electrons. The summed E-state index contributed by atoms with van der Waals surface area (Å²) in [7, 11) is 1.96. The van der Waals surface area contributed by atoms with E-state index in [1.165, 1.54) is 18.6 Å². The quantitative estimate of drug-likeness (QED) is 0.637. The molecular weight excluding hydrogens is 136 g/mol. The SMILES string of the molecule is CNCC1=NCC(C2CC2)=C1. The highest BCUT2D eigenvalue weighted by atomic mass is 14.9. The molecule has 0 radical (unpaired) electrons. The van der Waals surface area contributed by atoms with Crippen LogP contribution in [0.4, 0.5) is 0 Å². The van der Waals surface area contributed by atoms with E-state index in [2.05, 4.69) is 16.4 Å². The van der Waals surface area contributed by atoms with Crippen LogP contribution in [0.2, 0.25) is 0 Å². The van der Waals surface area contributed by atoms with Gasteiger partial charge in [0.25, 0.3) is 0 Å². The summed E-state index contributed by atoms with van der Waals surface area (Å²) in [5.74, 6) is 0.896. The van der Waals surface area contributed by atoms with Crippen LogP contribution in [-0.4, -0.2) is 25.8 Å². The van der Waals surface area contributed by atoms with Crippen molar-refractivity contribution in [3.8, 4) is 0 Å². The van der Waals surface area contributed by atoms with Gasteiger partial charge < -0.3 is 5.32 Å². The van der Waals surface area contributed by atoms with Gasteiger partial charge in [0.05, 0.1) is 6.54 Å². The van der Waals surface area contributed by atoms with Gasteiger partial charge in [0.2, 0.25) is 0 Å². The largest absolute Gasteiger partial charge is 0.314 e. The molecule has 1 aliphatic heterocycles.